The van der Waals surface area contributed by atoms with Gasteiger partial charge in [-0.3, -0.25) is 4.79 Å². The van der Waals surface area contributed by atoms with Crippen molar-refractivity contribution >= 4 is 11.9 Å². The van der Waals surface area contributed by atoms with E-state index in [4.69, 9.17) is 9.47 Å². The van der Waals surface area contributed by atoms with E-state index in [1.165, 1.54) is 20.0 Å². The van der Waals surface area contributed by atoms with Crippen molar-refractivity contribution in [2.24, 2.45) is 17.8 Å². The van der Waals surface area contributed by atoms with E-state index in [2.05, 4.69) is 19.0 Å². The number of esters is 1. The molecule has 4 atom stereocenters. The Morgan fingerprint density at radius 1 is 1.07 bits per heavy atom. The lowest BCUT2D eigenvalue weighted by Crippen LogP contribution is -2.48. The molecule has 158 valence electrons. The first-order valence-electron chi connectivity index (χ1n) is 10.7. The molecule has 1 aromatic rings. The summed E-state index contributed by atoms with van der Waals surface area (Å²) in [6, 6.07) is 7.34. The molecule has 1 amide bonds. The third-order valence-electron chi connectivity index (χ3n) is 6.84. The Hall–Kier alpha value is -1.92. The quantitative estimate of drug-likeness (QED) is 0.687. The summed E-state index contributed by atoms with van der Waals surface area (Å²) in [5.74, 6) is 1.16. The van der Waals surface area contributed by atoms with E-state index in [1.807, 2.05) is 4.90 Å². The van der Waals surface area contributed by atoms with E-state index in [0.29, 0.717) is 29.0 Å². The maximum absolute atomic E-state index is 13.2. The van der Waals surface area contributed by atoms with Gasteiger partial charge in [-0.05, 0) is 69.7 Å². The normalized spacial score (nSPS) is 29.0. The Kier molecular flexibility index (Phi) is 5.93. The van der Waals surface area contributed by atoms with Gasteiger partial charge >= 0.3 is 5.97 Å². The Bertz CT molecular complexity index is 761. The second-order valence-corrected chi connectivity index (χ2v) is 9.08. The summed E-state index contributed by atoms with van der Waals surface area (Å²) >= 11 is 0. The SMILES string of the molecule is COC(=O)c1ccccc1C(=O)N1C[C@H]2C[C@@H](N(C)C)[C@H](OCC3CC3)C[C@H]2C1. The molecule has 0 bridgehead atoms. The van der Waals surface area contributed by atoms with Crippen LogP contribution in [0.5, 0.6) is 0 Å². The van der Waals surface area contributed by atoms with Gasteiger partial charge in [0.2, 0.25) is 0 Å². The Morgan fingerprint density at radius 2 is 1.72 bits per heavy atom. The van der Waals surface area contributed by atoms with Crippen LogP contribution in [0.25, 0.3) is 0 Å². The molecule has 6 heteroatoms. The predicted octanol–water partition coefficient (Wildman–Crippen LogP) is 2.68. The van der Waals surface area contributed by atoms with Gasteiger partial charge in [-0.15, -0.1) is 0 Å². The Balaban J connectivity index is 1.46. The minimum atomic E-state index is -0.466. The minimum absolute atomic E-state index is 0.0720. The molecule has 6 nitrogen and oxygen atoms in total. The topological polar surface area (TPSA) is 59.1 Å². The lowest BCUT2D eigenvalue weighted by molar-refractivity contribution is -0.0493. The number of likely N-dealkylation sites (N-methyl/N-ethyl adjacent to an activating group) is 1. The molecule has 0 radical (unpaired) electrons. The van der Waals surface area contributed by atoms with Crippen LogP contribution < -0.4 is 0 Å². The molecule has 0 aromatic heterocycles. The van der Waals surface area contributed by atoms with Gasteiger partial charge in [-0.2, -0.15) is 0 Å². The van der Waals surface area contributed by atoms with Crippen molar-refractivity contribution < 1.29 is 19.1 Å². The molecule has 1 heterocycles. The van der Waals surface area contributed by atoms with Crippen LogP contribution in [0.1, 0.15) is 46.4 Å². The van der Waals surface area contributed by atoms with Crippen molar-refractivity contribution in [2.75, 3.05) is 40.9 Å². The third kappa shape index (κ3) is 4.33. The first kappa shape index (κ1) is 20.4. The second kappa shape index (κ2) is 8.44. The Morgan fingerprint density at radius 3 is 2.34 bits per heavy atom. The van der Waals surface area contributed by atoms with Crippen molar-refractivity contribution in [3.05, 3.63) is 35.4 Å². The molecule has 0 unspecified atom stereocenters. The van der Waals surface area contributed by atoms with Crippen molar-refractivity contribution in [3.63, 3.8) is 0 Å². The maximum Gasteiger partial charge on any atom is 0.338 e. The molecule has 4 rings (SSSR count). The number of likely N-dealkylation sites (tertiary alicyclic amines) is 1. The summed E-state index contributed by atoms with van der Waals surface area (Å²) in [5.41, 5.74) is 0.773. The molecule has 0 spiro atoms. The number of rotatable bonds is 6. The highest BCUT2D eigenvalue weighted by molar-refractivity contribution is 6.05. The van der Waals surface area contributed by atoms with Crippen LogP contribution in [0.3, 0.4) is 0 Å². The van der Waals surface area contributed by atoms with Gasteiger partial charge in [0.1, 0.15) is 0 Å². The third-order valence-corrected chi connectivity index (χ3v) is 6.84. The van der Waals surface area contributed by atoms with E-state index in [-0.39, 0.29) is 12.0 Å². The van der Waals surface area contributed by atoms with Crippen molar-refractivity contribution in [1.82, 2.24) is 9.80 Å². The van der Waals surface area contributed by atoms with Gasteiger partial charge in [0.25, 0.3) is 5.91 Å². The Labute approximate surface area is 173 Å². The zero-order valence-corrected chi connectivity index (χ0v) is 17.7. The molecule has 3 fully saturated rings. The van der Waals surface area contributed by atoms with Gasteiger partial charge in [0.05, 0.1) is 24.3 Å². The molecular weight excluding hydrogens is 368 g/mol. The molecular formula is C23H32N2O4. The summed E-state index contributed by atoms with van der Waals surface area (Å²) < 4.78 is 11.2. The summed E-state index contributed by atoms with van der Waals surface area (Å²) in [7, 11) is 5.60. The van der Waals surface area contributed by atoms with Gasteiger partial charge in [-0.1, -0.05) is 12.1 Å². The highest BCUT2D eigenvalue weighted by atomic mass is 16.5. The lowest BCUT2D eigenvalue weighted by atomic mass is 9.77. The fourth-order valence-electron chi connectivity index (χ4n) is 4.95. The predicted molar refractivity (Wildman–Crippen MR) is 110 cm³/mol. The first-order valence-corrected chi connectivity index (χ1v) is 10.7. The fraction of sp³-hybridized carbons (Fsp3) is 0.652. The van der Waals surface area contributed by atoms with E-state index in [1.54, 1.807) is 24.3 Å². The van der Waals surface area contributed by atoms with Crippen LogP contribution in [0.15, 0.2) is 24.3 Å². The lowest BCUT2D eigenvalue weighted by Gasteiger charge is -2.41. The number of fused-ring (bicyclic) bond motifs is 1. The van der Waals surface area contributed by atoms with Gasteiger partial charge in [-0.25, -0.2) is 4.79 Å². The second-order valence-electron chi connectivity index (χ2n) is 9.08. The highest BCUT2D eigenvalue weighted by Crippen LogP contribution is 2.40. The van der Waals surface area contributed by atoms with E-state index in [0.717, 1.165) is 38.5 Å². The largest absolute Gasteiger partial charge is 0.465 e. The summed E-state index contributed by atoms with van der Waals surface area (Å²) in [6.45, 7) is 2.36. The molecule has 1 aliphatic heterocycles. The summed E-state index contributed by atoms with van der Waals surface area (Å²) in [5, 5.41) is 0. The monoisotopic (exact) mass is 400 g/mol. The average Bonchev–Trinajstić information content (AvgIpc) is 3.47. The first-order chi connectivity index (χ1) is 14.0. The molecule has 2 aliphatic carbocycles. The van der Waals surface area contributed by atoms with Gasteiger partial charge in [0.15, 0.2) is 0 Å². The molecule has 2 saturated carbocycles. The van der Waals surface area contributed by atoms with Crippen LogP contribution in [0.4, 0.5) is 0 Å². The number of ether oxygens (including phenoxy) is 2. The highest BCUT2D eigenvalue weighted by Gasteiger charge is 2.45. The van der Waals surface area contributed by atoms with Crippen molar-refractivity contribution in [1.29, 1.82) is 0 Å². The molecule has 1 aromatic carbocycles. The smallest absolute Gasteiger partial charge is 0.338 e. The van der Waals surface area contributed by atoms with Gasteiger partial charge in [0, 0.05) is 25.7 Å². The summed E-state index contributed by atoms with van der Waals surface area (Å²) in [4.78, 5) is 29.5. The van der Waals surface area contributed by atoms with Crippen molar-refractivity contribution in [3.8, 4) is 0 Å². The van der Waals surface area contributed by atoms with Crippen molar-refractivity contribution in [2.45, 2.75) is 37.8 Å². The number of benzene rings is 1. The minimum Gasteiger partial charge on any atom is -0.465 e. The summed E-state index contributed by atoms with van der Waals surface area (Å²) in [6.07, 6.45) is 4.89. The van der Waals surface area contributed by atoms with Crippen LogP contribution in [0.2, 0.25) is 0 Å². The number of carbonyl (C=O) groups is 2. The maximum atomic E-state index is 13.2. The van der Waals surface area contributed by atoms with Gasteiger partial charge < -0.3 is 19.3 Å². The van der Waals surface area contributed by atoms with E-state index >= 15 is 0 Å². The number of nitrogens with zero attached hydrogens (tertiary/aromatic N) is 2. The standard InChI is InChI=1S/C23H32N2O4/c1-24(2)20-10-16-12-25(13-17(16)11-21(20)29-14-15-8-9-15)22(26)18-6-4-5-7-19(18)23(27)28-3/h4-7,15-17,20-21H,8-14H2,1-3H3/t16-,17+,20-,21-/m1/s1. The fourth-order valence-corrected chi connectivity index (χ4v) is 4.95. The van der Waals surface area contributed by atoms with Crippen LogP contribution in [0, 0.1) is 17.8 Å². The van der Waals surface area contributed by atoms with Crippen LogP contribution in [-0.2, 0) is 9.47 Å². The van der Waals surface area contributed by atoms with Crippen LogP contribution >= 0.6 is 0 Å². The molecule has 1 saturated heterocycles. The zero-order chi connectivity index (χ0) is 20.5. The molecule has 29 heavy (non-hydrogen) atoms. The van der Waals surface area contributed by atoms with E-state index in [9.17, 15) is 9.59 Å². The number of carbonyl (C=O) groups excluding carboxylic acids is 2. The molecule has 3 aliphatic rings. The van der Waals surface area contributed by atoms with E-state index < -0.39 is 5.97 Å². The molecule has 0 N–H and O–H groups in total. The zero-order valence-electron chi connectivity index (χ0n) is 17.7. The average molecular weight is 401 g/mol. The van der Waals surface area contributed by atoms with Crippen LogP contribution in [-0.4, -0.2) is 74.7 Å². The number of hydrogen-bond donors (Lipinski definition) is 0. The number of hydrogen-bond acceptors (Lipinski definition) is 5. The number of methoxy groups -OCH3 is 1. The number of amides is 1.